The molecule has 0 aliphatic carbocycles. The molecule has 0 N–H and O–H groups in total. The molecule has 0 saturated carbocycles. The highest BCUT2D eigenvalue weighted by molar-refractivity contribution is 6.30. The summed E-state index contributed by atoms with van der Waals surface area (Å²) in [5.41, 5.74) is 3.00. The van der Waals surface area contributed by atoms with E-state index in [1.54, 1.807) is 15.5 Å². The molecule has 1 aromatic heterocycles. The van der Waals surface area contributed by atoms with Crippen LogP contribution in [0.15, 0.2) is 83.7 Å². The molecular weight excluding hydrogens is 446 g/mol. The van der Waals surface area contributed by atoms with Gasteiger partial charge in [0.05, 0.1) is 22.6 Å². The van der Waals surface area contributed by atoms with Crippen molar-refractivity contribution in [2.24, 2.45) is 0 Å². The van der Waals surface area contributed by atoms with Crippen molar-refractivity contribution in [1.29, 1.82) is 0 Å². The highest BCUT2D eigenvalue weighted by Crippen LogP contribution is 2.29. The number of carbonyl (C=O) groups is 1. The van der Waals surface area contributed by atoms with Crippen molar-refractivity contribution in [3.8, 4) is 5.69 Å². The molecule has 6 heteroatoms. The number of nitrogens with zero attached hydrogens (tertiary/aromatic N) is 3. The third kappa shape index (κ3) is 4.36. The summed E-state index contributed by atoms with van der Waals surface area (Å²) in [6.07, 6.45) is 0.761. The summed E-state index contributed by atoms with van der Waals surface area (Å²) in [4.78, 5) is 33.8. The maximum atomic E-state index is 13.8. The van der Waals surface area contributed by atoms with Crippen LogP contribution < -0.4 is 5.56 Å². The van der Waals surface area contributed by atoms with Gasteiger partial charge in [-0.05, 0) is 49.6 Å². The second-order valence-corrected chi connectivity index (χ2v) is 8.62. The Bertz CT molecular complexity index is 1370. The fraction of sp³-hybridized carbons (Fsp3) is 0.250. The number of rotatable bonds is 7. The van der Waals surface area contributed by atoms with Crippen LogP contribution in [-0.4, -0.2) is 26.9 Å². The van der Waals surface area contributed by atoms with Crippen LogP contribution in [0.1, 0.15) is 49.1 Å². The van der Waals surface area contributed by atoms with Gasteiger partial charge in [0.2, 0.25) is 5.91 Å². The van der Waals surface area contributed by atoms with Gasteiger partial charge in [0.1, 0.15) is 11.2 Å². The molecule has 1 amide bonds. The molecule has 5 nitrogen and oxygen atoms in total. The van der Waals surface area contributed by atoms with E-state index in [9.17, 15) is 9.59 Å². The van der Waals surface area contributed by atoms with E-state index in [0.717, 1.165) is 23.2 Å². The number of halogens is 1. The van der Waals surface area contributed by atoms with Crippen molar-refractivity contribution in [2.75, 3.05) is 6.54 Å². The van der Waals surface area contributed by atoms with Gasteiger partial charge >= 0.3 is 0 Å². The van der Waals surface area contributed by atoms with Crippen molar-refractivity contribution in [3.05, 3.63) is 106 Å². The van der Waals surface area contributed by atoms with Crippen LogP contribution in [0.2, 0.25) is 0 Å². The Morgan fingerprint density at radius 3 is 2.32 bits per heavy atom. The van der Waals surface area contributed by atoms with Gasteiger partial charge in [-0.1, -0.05) is 67.6 Å². The third-order valence-corrected chi connectivity index (χ3v) is 6.63. The van der Waals surface area contributed by atoms with Gasteiger partial charge in [-0.3, -0.25) is 14.2 Å². The van der Waals surface area contributed by atoms with E-state index < -0.39 is 11.4 Å². The van der Waals surface area contributed by atoms with Gasteiger partial charge in [-0.2, -0.15) is 0 Å². The summed E-state index contributed by atoms with van der Waals surface area (Å²) in [7, 11) is 0. The first kappa shape index (κ1) is 23.7. The number of amides is 1. The van der Waals surface area contributed by atoms with Crippen LogP contribution in [0.25, 0.3) is 16.6 Å². The van der Waals surface area contributed by atoms with Gasteiger partial charge in [0.25, 0.3) is 5.56 Å². The fourth-order valence-corrected chi connectivity index (χ4v) is 4.63. The predicted octanol–water partition coefficient (Wildman–Crippen LogP) is 5.84. The molecule has 1 heterocycles. The first-order valence-corrected chi connectivity index (χ1v) is 12.0. The third-order valence-electron chi connectivity index (χ3n) is 6.19. The molecule has 3 aromatic carbocycles. The molecule has 174 valence electrons. The average molecular weight is 474 g/mol. The van der Waals surface area contributed by atoms with E-state index in [1.165, 1.54) is 0 Å². The number of alkyl halides is 1. The van der Waals surface area contributed by atoms with E-state index in [1.807, 2.05) is 86.6 Å². The van der Waals surface area contributed by atoms with E-state index in [4.69, 9.17) is 16.6 Å². The van der Waals surface area contributed by atoms with Gasteiger partial charge in [0, 0.05) is 6.54 Å². The van der Waals surface area contributed by atoms with Gasteiger partial charge in [0.15, 0.2) is 0 Å². The van der Waals surface area contributed by atoms with Crippen molar-refractivity contribution in [1.82, 2.24) is 14.5 Å². The van der Waals surface area contributed by atoms with Crippen LogP contribution in [-0.2, 0) is 11.2 Å². The van der Waals surface area contributed by atoms with Crippen molar-refractivity contribution >= 4 is 28.4 Å². The lowest BCUT2D eigenvalue weighted by Gasteiger charge is -2.31. The maximum Gasteiger partial charge on any atom is 0.266 e. The van der Waals surface area contributed by atoms with E-state index in [2.05, 4.69) is 6.92 Å². The zero-order valence-electron chi connectivity index (χ0n) is 19.6. The minimum atomic E-state index is -0.827. The number of hydrogen-bond acceptors (Lipinski definition) is 3. The minimum absolute atomic E-state index is 0.151. The Balaban J connectivity index is 1.88. The van der Waals surface area contributed by atoms with E-state index >= 15 is 0 Å². The highest BCUT2D eigenvalue weighted by atomic mass is 35.5. The predicted molar refractivity (Wildman–Crippen MR) is 138 cm³/mol. The molecule has 0 aliphatic rings. The quantitative estimate of drug-likeness (QED) is 0.317. The average Bonchev–Trinajstić information content (AvgIpc) is 2.89. The molecule has 4 aromatic rings. The summed E-state index contributed by atoms with van der Waals surface area (Å²) in [5.74, 6) is 0.289. The van der Waals surface area contributed by atoms with Crippen LogP contribution in [0.4, 0.5) is 0 Å². The van der Waals surface area contributed by atoms with Gasteiger partial charge < -0.3 is 4.90 Å². The van der Waals surface area contributed by atoms with Crippen LogP contribution in [0.3, 0.4) is 0 Å². The Labute approximate surface area is 204 Å². The molecule has 4 rings (SSSR count). The first-order valence-electron chi connectivity index (χ1n) is 11.6. The lowest BCUT2D eigenvalue weighted by molar-refractivity contribution is -0.133. The molecule has 34 heavy (non-hydrogen) atoms. The fourth-order valence-electron chi connectivity index (χ4n) is 4.36. The molecule has 0 saturated heterocycles. The van der Waals surface area contributed by atoms with Gasteiger partial charge in [-0.25, -0.2) is 4.98 Å². The summed E-state index contributed by atoms with van der Waals surface area (Å²) < 4.78 is 1.66. The number of fused-ring (bicyclic) bond motifs is 1. The largest absolute Gasteiger partial charge is 0.331 e. The normalized spacial score (nSPS) is 12.9. The summed E-state index contributed by atoms with van der Waals surface area (Å²) in [6.45, 7) is 6.29. The van der Waals surface area contributed by atoms with Gasteiger partial charge in [-0.15, -0.1) is 11.6 Å². The smallest absolute Gasteiger partial charge is 0.266 e. The topological polar surface area (TPSA) is 55.2 Å². The summed E-state index contributed by atoms with van der Waals surface area (Å²) >= 11 is 6.61. The first-order chi connectivity index (χ1) is 16.5. The Morgan fingerprint density at radius 2 is 1.62 bits per heavy atom. The Kier molecular flexibility index (Phi) is 7.13. The second kappa shape index (κ2) is 10.2. The SMILES string of the molecule is CCc1ccccc1-n1c(C(C)N(CC)C(=O)C(Cl)c2ccccc2)nc2ccccc2c1=O. The molecule has 0 fully saturated rings. The number of carbonyl (C=O) groups excluding carboxylic acids is 1. The van der Waals surface area contributed by atoms with Crippen LogP contribution >= 0.6 is 11.6 Å². The molecule has 2 unspecified atom stereocenters. The van der Waals surface area contributed by atoms with Crippen molar-refractivity contribution < 1.29 is 4.79 Å². The zero-order valence-corrected chi connectivity index (χ0v) is 20.4. The minimum Gasteiger partial charge on any atom is -0.331 e. The standard InChI is InChI=1S/C28H28ClN3O2/c1-4-20-13-9-12-18-24(20)32-26(30-23-17-11-10-16-22(23)27(32)33)19(3)31(5-2)28(34)25(29)21-14-7-6-8-15-21/h6-19,25H,4-5H2,1-3H3. The molecular formula is C28H28ClN3O2. The van der Waals surface area contributed by atoms with Crippen molar-refractivity contribution in [3.63, 3.8) is 0 Å². The molecule has 0 aliphatic heterocycles. The second-order valence-electron chi connectivity index (χ2n) is 8.18. The number of benzene rings is 3. The molecule has 0 bridgehead atoms. The molecule has 0 spiro atoms. The van der Waals surface area contributed by atoms with Crippen LogP contribution in [0.5, 0.6) is 0 Å². The number of likely N-dealkylation sites (N-methyl/N-ethyl adjacent to an activating group) is 1. The van der Waals surface area contributed by atoms with E-state index in [-0.39, 0.29) is 11.5 Å². The Hall–Kier alpha value is -3.44. The lowest BCUT2D eigenvalue weighted by atomic mass is 10.1. The number of aryl methyl sites for hydroxylation is 1. The lowest BCUT2D eigenvalue weighted by Crippen LogP contribution is -2.39. The highest BCUT2D eigenvalue weighted by Gasteiger charge is 2.30. The Morgan fingerprint density at radius 1 is 0.971 bits per heavy atom. The van der Waals surface area contributed by atoms with E-state index in [0.29, 0.717) is 23.3 Å². The monoisotopic (exact) mass is 473 g/mol. The number of hydrogen-bond donors (Lipinski definition) is 0. The summed E-state index contributed by atoms with van der Waals surface area (Å²) in [5, 5.41) is -0.287. The number of aromatic nitrogens is 2. The zero-order chi connectivity index (χ0) is 24.2. The maximum absolute atomic E-state index is 13.8. The summed E-state index contributed by atoms with van der Waals surface area (Å²) in [6, 6.07) is 24.0. The number of para-hydroxylation sites is 2. The molecule has 0 radical (unpaired) electrons. The molecule has 2 atom stereocenters. The van der Waals surface area contributed by atoms with Crippen molar-refractivity contribution in [2.45, 2.75) is 38.6 Å². The van der Waals surface area contributed by atoms with Crippen LogP contribution in [0, 0.1) is 0 Å².